The second-order valence-corrected chi connectivity index (χ2v) is 18.5. The third-order valence-corrected chi connectivity index (χ3v) is 14.0. The van der Waals surface area contributed by atoms with Crippen LogP contribution in [0.15, 0.2) is 42.6 Å². The third kappa shape index (κ3) is 8.64. The van der Waals surface area contributed by atoms with Crippen LogP contribution < -0.4 is 14.2 Å². The number of hydrogen-bond acceptors (Lipinski definition) is 11. The predicted octanol–water partition coefficient (Wildman–Crippen LogP) is 5.59. The van der Waals surface area contributed by atoms with E-state index in [-0.39, 0.29) is 38.3 Å². The fourth-order valence-electron chi connectivity index (χ4n) is 7.71. The number of ketones is 1. The van der Waals surface area contributed by atoms with Crippen molar-refractivity contribution < 1.29 is 59.7 Å². The smallest absolute Gasteiger partial charge is 0.427 e. The molecule has 6 rings (SSSR count). The van der Waals surface area contributed by atoms with Crippen molar-refractivity contribution in [2.24, 2.45) is 17.3 Å². The maximum atomic E-state index is 14.8. The highest BCUT2D eigenvalue weighted by molar-refractivity contribution is 7.91. The number of carbonyl (C=O) groups is 4. The molecule has 13 nitrogen and oxygen atoms in total. The number of rotatable bonds is 10. The molecule has 0 radical (unpaired) electrons. The number of ether oxygens (including phenoxy) is 4. The lowest BCUT2D eigenvalue weighted by Gasteiger charge is -2.33. The van der Waals surface area contributed by atoms with E-state index >= 15 is 0 Å². The number of nitrogens with one attached hydrogen (secondary N) is 1. The lowest BCUT2D eigenvalue weighted by molar-refractivity contribution is -0.257. The number of carbonyl (C=O) groups excluding carboxylic acids is 4. The van der Waals surface area contributed by atoms with Gasteiger partial charge in [0, 0.05) is 30.2 Å². The van der Waals surface area contributed by atoms with E-state index in [1.165, 1.54) is 18.2 Å². The summed E-state index contributed by atoms with van der Waals surface area (Å²) in [6.45, 7) is 4.65. The molecule has 0 spiro atoms. The zero-order chi connectivity index (χ0) is 41.6. The summed E-state index contributed by atoms with van der Waals surface area (Å²) in [5, 5.41) is 1.30. The molecule has 0 unspecified atom stereocenters. The fourth-order valence-corrected chi connectivity index (χ4v) is 9.04. The number of alkyl halides is 3. The van der Waals surface area contributed by atoms with E-state index < -0.39 is 98.5 Å². The second-order valence-electron chi connectivity index (χ2n) is 16.3. The average Bonchev–Trinajstić information content (AvgIpc) is 4.03. The fraction of sp³-hybridized carbons (Fsp3) is 0.625. The number of esters is 1. The van der Waals surface area contributed by atoms with Gasteiger partial charge in [-0.05, 0) is 71.3 Å². The van der Waals surface area contributed by atoms with E-state index in [2.05, 4.69) is 9.71 Å². The Balaban J connectivity index is 1.35. The summed E-state index contributed by atoms with van der Waals surface area (Å²) in [6.07, 6.45) is -0.622. The third-order valence-electron chi connectivity index (χ3n) is 11.9. The number of Topliss-reactive ketones (excluding diaryl/α,β-unsaturated/α-hetero) is 1. The zero-order valence-corrected chi connectivity index (χ0v) is 33.5. The molecule has 57 heavy (non-hydrogen) atoms. The highest BCUT2D eigenvalue weighted by atomic mass is 32.2. The quantitative estimate of drug-likeness (QED) is 0.234. The van der Waals surface area contributed by atoms with Gasteiger partial charge in [0.1, 0.15) is 11.9 Å². The van der Waals surface area contributed by atoms with Crippen molar-refractivity contribution in [1.29, 1.82) is 0 Å². The van der Waals surface area contributed by atoms with E-state index in [1.54, 1.807) is 32.1 Å². The summed E-state index contributed by atoms with van der Waals surface area (Å²) in [7, 11) is -2.54. The maximum absolute atomic E-state index is 14.8. The van der Waals surface area contributed by atoms with Gasteiger partial charge in [-0.1, -0.05) is 37.3 Å². The maximum Gasteiger partial charge on any atom is 0.427 e. The number of amides is 2. The Bertz CT molecular complexity index is 2040. The number of halogens is 3. The number of methoxy groups -OCH3 is 1. The standard InChI is InChI=1S/C40H50F3N3O10S/c1-6-31-28(19-33(48)56-37(2,3)40(41,42)43)35(49)46-23-25(55-34-27-14-10-9-13-26(27)32(53-5)22-44-34)18-29(46)30(47)21-39(20-24(39)12-8-7-11-17-54-31)36(50)45-57(51,52)38(4)15-16-38/h8-10,12-14,22,24-25,28-29,31H,6-7,11,15-21,23H2,1-5H3,(H,45,50)/b12-8-/t24-,25-,28+,29+,31+,39-/m1/s1. The van der Waals surface area contributed by atoms with Gasteiger partial charge >= 0.3 is 12.1 Å². The van der Waals surface area contributed by atoms with Gasteiger partial charge in [0.2, 0.25) is 33.3 Å². The first kappa shape index (κ1) is 42.4. The van der Waals surface area contributed by atoms with Crippen LogP contribution in [0.3, 0.4) is 0 Å². The van der Waals surface area contributed by atoms with E-state index in [0.717, 1.165) is 0 Å². The van der Waals surface area contributed by atoms with Crippen LogP contribution in [-0.4, -0.2) is 96.9 Å². The monoisotopic (exact) mass is 821 g/mol. The molecule has 3 heterocycles. The molecule has 2 amide bonds. The van der Waals surface area contributed by atoms with Crippen molar-refractivity contribution in [3.63, 3.8) is 0 Å². The van der Waals surface area contributed by atoms with Crippen molar-refractivity contribution in [2.45, 2.75) is 120 Å². The summed E-state index contributed by atoms with van der Waals surface area (Å²) >= 11 is 0. The zero-order valence-electron chi connectivity index (χ0n) is 32.7. The summed E-state index contributed by atoms with van der Waals surface area (Å²) in [4.78, 5) is 62.2. The molecule has 2 saturated carbocycles. The topological polar surface area (TPSA) is 167 Å². The minimum Gasteiger partial charge on any atom is -0.494 e. The first-order valence-corrected chi connectivity index (χ1v) is 20.8. The number of pyridine rings is 1. The van der Waals surface area contributed by atoms with Crippen LogP contribution in [0.1, 0.15) is 85.5 Å². The van der Waals surface area contributed by atoms with Crippen LogP contribution >= 0.6 is 0 Å². The SMILES string of the molecule is CC[C@@H]1OCCC/C=C\[C@@H]2C[C@@]2(C(=O)NS(=O)(=O)C2(C)CC2)CC(=O)[C@@H]2C[C@@H](Oc3ncc(OC)c4ccccc34)CN2C(=O)[C@H]1CC(=O)OC(C)(C)C(F)(F)F. The minimum atomic E-state index is -4.89. The molecule has 312 valence electrons. The first-order chi connectivity index (χ1) is 26.8. The number of benzene rings is 1. The second kappa shape index (κ2) is 15.8. The Hall–Kier alpha value is -4.25. The van der Waals surface area contributed by atoms with Gasteiger partial charge in [0.25, 0.3) is 0 Å². The van der Waals surface area contributed by atoms with Gasteiger partial charge in [0.15, 0.2) is 5.78 Å². The Morgan fingerprint density at radius 1 is 1.12 bits per heavy atom. The summed E-state index contributed by atoms with van der Waals surface area (Å²) in [5.74, 6) is -4.44. The predicted molar refractivity (Wildman–Crippen MR) is 200 cm³/mol. The van der Waals surface area contributed by atoms with E-state index in [9.17, 15) is 40.8 Å². The number of aromatic nitrogens is 1. The minimum absolute atomic E-state index is 0.0584. The number of fused-ring (bicyclic) bond motifs is 3. The average molecular weight is 822 g/mol. The Morgan fingerprint density at radius 3 is 2.47 bits per heavy atom. The van der Waals surface area contributed by atoms with Gasteiger partial charge in [-0.3, -0.25) is 23.9 Å². The van der Waals surface area contributed by atoms with Gasteiger partial charge in [-0.2, -0.15) is 13.2 Å². The number of hydrogen-bond donors (Lipinski definition) is 1. The lowest BCUT2D eigenvalue weighted by atomic mass is 9.90. The molecule has 6 atom stereocenters. The largest absolute Gasteiger partial charge is 0.494 e. The van der Waals surface area contributed by atoms with Crippen LogP contribution in [0, 0.1) is 17.3 Å². The molecular formula is C40H50F3N3O10S. The molecule has 2 aliphatic heterocycles. The lowest BCUT2D eigenvalue weighted by Crippen LogP contribution is -2.50. The van der Waals surface area contributed by atoms with Gasteiger partial charge in [0.05, 0.1) is 54.5 Å². The molecule has 17 heteroatoms. The molecule has 4 aliphatic rings. The van der Waals surface area contributed by atoms with Crippen molar-refractivity contribution in [3.8, 4) is 11.6 Å². The summed E-state index contributed by atoms with van der Waals surface area (Å²) < 4.78 is 91.6. The molecule has 2 aliphatic carbocycles. The van der Waals surface area contributed by atoms with E-state index in [0.29, 0.717) is 56.1 Å². The molecule has 3 fully saturated rings. The normalized spacial score (nSPS) is 28.6. The number of allylic oxidation sites excluding steroid dienone is 2. The van der Waals surface area contributed by atoms with Gasteiger partial charge in [-0.25, -0.2) is 13.4 Å². The molecular weight excluding hydrogens is 772 g/mol. The van der Waals surface area contributed by atoms with Crippen molar-refractivity contribution in [3.05, 3.63) is 42.6 Å². The molecule has 1 aromatic heterocycles. The first-order valence-electron chi connectivity index (χ1n) is 19.3. The van der Waals surface area contributed by atoms with Crippen molar-refractivity contribution in [2.75, 3.05) is 20.3 Å². The molecule has 1 saturated heterocycles. The highest BCUT2D eigenvalue weighted by Gasteiger charge is 2.63. The van der Waals surface area contributed by atoms with Gasteiger partial charge in [-0.15, -0.1) is 0 Å². The van der Waals surface area contributed by atoms with Crippen molar-refractivity contribution in [1.82, 2.24) is 14.6 Å². The Kier molecular flexibility index (Phi) is 11.8. The van der Waals surface area contributed by atoms with E-state index in [4.69, 9.17) is 18.9 Å². The molecule has 0 bridgehead atoms. The Morgan fingerprint density at radius 2 is 1.82 bits per heavy atom. The molecule has 1 aromatic carbocycles. The molecule has 2 aromatic rings. The van der Waals surface area contributed by atoms with Crippen LogP contribution in [0.25, 0.3) is 10.8 Å². The van der Waals surface area contributed by atoms with Crippen LogP contribution in [0.2, 0.25) is 0 Å². The van der Waals surface area contributed by atoms with Crippen LogP contribution in [0.5, 0.6) is 11.6 Å². The van der Waals surface area contributed by atoms with E-state index in [1.807, 2.05) is 18.2 Å². The molecule has 1 N–H and O–H groups in total. The Labute approximate surface area is 330 Å². The number of sulfonamides is 1. The summed E-state index contributed by atoms with van der Waals surface area (Å²) in [5.41, 5.74) is -4.25. The van der Waals surface area contributed by atoms with Crippen LogP contribution in [-0.2, 0) is 38.7 Å². The van der Waals surface area contributed by atoms with Crippen molar-refractivity contribution >= 4 is 44.4 Å². The van der Waals surface area contributed by atoms with Gasteiger partial charge < -0.3 is 23.8 Å². The van der Waals surface area contributed by atoms with Crippen LogP contribution in [0.4, 0.5) is 13.2 Å². The highest BCUT2D eigenvalue weighted by Crippen LogP contribution is 2.57. The number of nitrogens with zero attached hydrogens (tertiary/aromatic N) is 2. The summed E-state index contributed by atoms with van der Waals surface area (Å²) in [6, 6.07) is 5.97.